The van der Waals surface area contributed by atoms with Crippen LogP contribution < -0.4 is 0 Å². The molecule has 158 valence electrons. The number of quaternary nitrogens is 1. The number of nitro groups is 1. The predicted molar refractivity (Wildman–Crippen MR) is 117 cm³/mol. The Morgan fingerprint density at radius 2 is 2.13 bits per heavy atom. The Morgan fingerprint density at radius 1 is 1.47 bits per heavy atom. The number of nitrogens with zero attached hydrogens (tertiary/aromatic N) is 3. The van der Waals surface area contributed by atoms with E-state index < -0.39 is 16.9 Å². The molecule has 1 saturated heterocycles. The molecule has 0 radical (unpaired) electrons. The summed E-state index contributed by atoms with van der Waals surface area (Å²) in [5.41, 5.74) is 1.89. The van der Waals surface area contributed by atoms with Crippen molar-refractivity contribution in [1.29, 1.82) is 0 Å². The standard InChI is InChI=1S/C19H19N3O5S3/c1-11(2)17(18(24)25)22(9-13-4-6-14(7-5-13)21(26)27)15(23)8-16(22)29-30-19-20-12(3)10-28-19/h4-7,10,16-17H,1,8-9H2,2-3H3/p+1. The van der Waals surface area contributed by atoms with Crippen molar-refractivity contribution in [1.82, 2.24) is 4.98 Å². The molecule has 0 saturated carbocycles. The molecule has 1 fully saturated rings. The molecular weight excluding hydrogens is 446 g/mol. The lowest BCUT2D eigenvalue weighted by atomic mass is 9.95. The number of benzene rings is 1. The lowest BCUT2D eigenvalue weighted by Crippen LogP contribution is -2.73. The van der Waals surface area contributed by atoms with Crippen molar-refractivity contribution in [3.63, 3.8) is 0 Å². The third-order valence-corrected chi connectivity index (χ3v) is 9.04. The number of amides is 1. The molecule has 11 heteroatoms. The summed E-state index contributed by atoms with van der Waals surface area (Å²) in [7, 11) is 2.87. The number of carbonyl (C=O) groups is 2. The third-order valence-electron chi connectivity index (χ3n) is 4.91. The predicted octanol–water partition coefficient (Wildman–Crippen LogP) is 4.40. The maximum absolute atomic E-state index is 12.9. The van der Waals surface area contributed by atoms with Gasteiger partial charge in [-0.15, -0.1) is 11.3 Å². The zero-order chi connectivity index (χ0) is 22.1. The number of hydrogen-bond donors (Lipinski definition) is 1. The lowest BCUT2D eigenvalue weighted by molar-refractivity contribution is -0.913. The molecule has 1 N–H and O–H groups in total. The zero-order valence-corrected chi connectivity index (χ0v) is 18.8. The van der Waals surface area contributed by atoms with E-state index in [1.54, 1.807) is 19.1 Å². The summed E-state index contributed by atoms with van der Waals surface area (Å²) in [4.78, 5) is 39.9. The van der Waals surface area contributed by atoms with E-state index in [9.17, 15) is 24.8 Å². The summed E-state index contributed by atoms with van der Waals surface area (Å²) < 4.78 is 0.539. The summed E-state index contributed by atoms with van der Waals surface area (Å²) in [6, 6.07) is 4.77. The molecule has 30 heavy (non-hydrogen) atoms. The van der Waals surface area contributed by atoms with Crippen molar-refractivity contribution in [3.8, 4) is 0 Å². The van der Waals surface area contributed by atoms with Gasteiger partial charge in [0.05, 0.1) is 4.92 Å². The first kappa shape index (κ1) is 22.5. The van der Waals surface area contributed by atoms with E-state index in [-0.39, 0.29) is 34.4 Å². The van der Waals surface area contributed by atoms with Crippen LogP contribution in [0.5, 0.6) is 0 Å². The van der Waals surface area contributed by atoms with Crippen molar-refractivity contribution in [2.75, 3.05) is 0 Å². The second kappa shape index (κ2) is 8.88. The fourth-order valence-corrected chi connectivity index (χ4v) is 7.47. The van der Waals surface area contributed by atoms with E-state index >= 15 is 0 Å². The number of β-lactam (4-membered cyclic amide) rings is 1. The first-order chi connectivity index (χ1) is 14.1. The number of nitro benzene ring substituents is 1. The third kappa shape index (κ3) is 4.29. The number of non-ortho nitro benzene ring substituents is 1. The van der Waals surface area contributed by atoms with Crippen molar-refractivity contribution in [2.45, 2.75) is 42.6 Å². The normalized spacial score (nSPS) is 21.7. The van der Waals surface area contributed by atoms with Crippen molar-refractivity contribution in [3.05, 3.63) is 63.2 Å². The maximum atomic E-state index is 12.9. The summed E-state index contributed by atoms with van der Waals surface area (Å²) in [5, 5.41) is 22.5. The largest absolute Gasteiger partial charge is 0.477 e. The smallest absolute Gasteiger partial charge is 0.367 e. The molecule has 0 bridgehead atoms. The zero-order valence-electron chi connectivity index (χ0n) is 16.3. The lowest BCUT2D eigenvalue weighted by Gasteiger charge is -2.51. The quantitative estimate of drug-likeness (QED) is 0.145. The number of hydrogen-bond acceptors (Lipinski definition) is 8. The Bertz CT molecular complexity index is 993. The highest BCUT2D eigenvalue weighted by molar-refractivity contribution is 8.77. The minimum absolute atomic E-state index is 0.0597. The number of rotatable bonds is 9. The van der Waals surface area contributed by atoms with E-state index in [1.165, 1.54) is 45.1 Å². The highest BCUT2D eigenvalue weighted by atomic mass is 33.1. The molecule has 0 aliphatic carbocycles. The molecule has 2 heterocycles. The highest BCUT2D eigenvalue weighted by Gasteiger charge is 2.63. The van der Waals surface area contributed by atoms with Crippen LogP contribution in [0, 0.1) is 17.0 Å². The monoisotopic (exact) mass is 466 g/mol. The fraction of sp³-hybridized carbons (Fsp3) is 0.316. The van der Waals surface area contributed by atoms with Gasteiger partial charge in [0.15, 0.2) is 9.71 Å². The topological polar surface area (TPSA) is 110 Å². The van der Waals surface area contributed by atoms with Gasteiger partial charge >= 0.3 is 11.9 Å². The molecule has 1 aliphatic heterocycles. The van der Waals surface area contributed by atoms with Crippen molar-refractivity contribution >= 4 is 50.5 Å². The van der Waals surface area contributed by atoms with Crippen molar-refractivity contribution in [2.24, 2.45) is 0 Å². The van der Waals surface area contributed by atoms with Crippen LogP contribution in [0.4, 0.5) is 5.69 Å². The molecular formula is C19H20N3O5S3+. The van der Waals surface area contributed by atoms with Gasteiger partial charge in [-0.05, 0) is 53.1 Å². The van der Waals surface area contributed by atoms with Gasteiger partial charge in [0.25, 0.3) is 5.69 Å². The number of carboxylic acid groups (broad SMARTS) is 1. The molecule has 1 aromatic heterocycles. The van der Waals surface area contributed by atoms with E-state index in [0.29, 0.717) is 11.1 Å². The number of thiazole rings is 1. The van der Waals surface area contributed by atoms with Gasteiger partial charge in [0, 0.05) is 28.8 Å². The maximum Gasteiger partial charge on any atom is 0.367 e. The summed E-state index contributed by atoms with van der Waals surface area (Å²) >= 11 is 1.50. The Kier molecular flexibility index (Phi) is 6.65. The van der Waals surface area contributed by atoms with Crippen LogP contribution in [0.25, 0.3) is 0 Å². The Morgan fingerprint density at radius 3 is 2.60 bits per heavy atom. The molecule has 8 nitrogen and oxygen atoms in total. The van der Waals surface area contributed by atoms with E-state index in [2.05, 4.69) is 11.6 Å². The summed E-state index contributed by atoms with van der Waals surface area (Å²) in [5.74, 6) is -1.30. The van der Waals surface area contributed by atoms with Gasteiger partial charge in [-0.25, -0.2) is 19.1 Å². The molecule has 0 spiro atoms. The number of likely N-dealkylation sites (tertiary alicyclic amines) is 1. The SMILES string of the molecule is C=C(C)C(C(=O)O)[N+]1(Cc2ccc([N+](=O)[O-])cc2)C(=O)CC1SSc1nc(C)cs1. The van der Waals surface area contributed by atoms with Gasteiger partial charge in [0.2, 0.25) is 6.04 Å². The van der Waals surface area contributed by atoms with Crippen LogP contribution in [-0.2, 0) is 16.1 Å². The van der Waals surface area contributed by atoms with Crippen LogP contribution in [0.1, 0.15) is 24.6 Å². The molecule has 3 rings (SSSR count). The fourth-order valence-electron chi connectivity index (χ4n) is 3.53. The number of carboxylic acids is 1. The Hall–Kier alpha value is -2.21. The Labute approximate surface area is 185 Å². The molecule has 1 aliphatic rings. The first-order valence-electron chi connectivity index (χ1n) is 8.93. The number of aryl methyl sites for hydroxylation is 1. The molecule has 1 amide bonds. The van der Waals surface area contributed by atoms with Gasteiger partial charge in [-0.2, -0.15) is 0 Å². The molecule has 3 atom stereocenters. The van der Waals surface area contributed by atoms with Crippen LogP contribution in [-0.4, -0.2) is 42.8 Å². The van der Waals surface area contributed by atoms with Gasteiger partial charge in [-0.3, -0.25) is 10.1 Å². The second-order valence-corrected chi connectivity index (χ2v) is 10.6. The molecule has 3 unspecified atom stereocenters. The van der Waals surface area contributed by atoms with Crippen LogP contribution in [0.2, 0.25) is 0 Å². The second-order valence-electron chi connectivity index (χ2n) is 7.09. The van der Waals surface area contributed by atoms with Gasteiger partial charge in [0.1, 0.15) is 13.0 Å². The summed E-state index contributed by atoms with van der Waals surface area (Å²) in [6.45, 7) is 7.46. The van der Waals surface area contributed by atoms with Crippen LogP contribution >= 0.6 is 32.9 Å². The summed E-state index contributed by atoms with van der Waals surface area (Å²) in [6.07, 6.45) is 0.242. The minimum Gasteiger partial charge on any atom is -0.477 e. The molecule has 2 aromatic rings. The van der Waals surface area contributed by atoms with Crippen molar-refractivity contribution < 1.29 is 24.1 Å². The van der Waals surface area contributed by atoms with E-state index in [4.69, 9.17) is 0 Å². The first-order valence-corrected chi connectivity index (χ1v) is 12.0. The minimum atomic E-state index is -1.11. The van der Waals surface area contributed by atoms with Crippen LogP contribution in [0.15, 0.2) is 46.1 Å². The van der Waals surface area contributed by atoms with Gasteiger partial charge < -0.3 is 5.11 Å². The Balaban J connectivity index is 1.93. The van der Waals surface area contributed by atoms with Gasteiger partial charge in [-0.1, -0.05) is 6.58 Å². The van der Waals surface area contributed by atoms with E-state index in [0.717, 1.165) is 10.0 Å². The number of carbonyl (C=O) groups excluding carboxylic acids is 1. The molecule has 1 aromatic carbocycles. The number of aliphatic carboxylic acids is 1. The van der Waals surface area contributed by atoms with Crippen LogP contribution in [0.3, 0.4) is 0 Å². The van der Waals surface area contributed by atoms with E-state index in [1.807, 2.05) is 12.3 Å². The average molecular weight is 467 g/mol. The average Bonchev–Trinajstić information content (AvgIpc) is 3.09. The highest BCUT2D eigenvalue weighted by Crippen LogP contribution is 2.50. The number of aromatic nitrogens is 1.